The van der Waals surface area contributed by atoms with Crippen LogP contribution < -0.4 is 14.2 Å². The number of furan rings is 1. The number of hydrogen-bond acceptors (Lipinski definition) is 6. The van der Waals surface area contributed by atoms with E-state index in [9.17, 15) is 9.59 Å². The summed E-state index contributed by atoms with van der Waals surface area (Å²) in [6.45, 7) is 2.12. The summed E-state index contributed by atoms with van der Waals surface area (Å²) >= 11 is 0. The number of aryl methyl sites for hydroxylation is 1. The molecule has 0 N–H and O–H groups in total. The van der Waals surface area contributed by atoms with Crippen LogP contribution >= 0.6 is 0 Å². The van der Waals surface area contributed by atoms with Gasteiger partial charge in [0.25, 0.3) is 0 Å². The zero-order chi connectivity index (χ0) is 27.2. The number of carbonyl (C=O) groups excluding carboxylic acids is 2. The van der Waals surface area contributed by atoms with Gasteiger partial charge in [-0.05, 0) is 73.2 Å². The van der Waals surface area contributed by atoms with E-state index < -0.39 is 5.97 Å². The second-order valence-corrected chi connectivity index (χ2v) is 8.82. The number of ketones is 1. The fraction of sp³-hybridized carbons (Fsp3) is 0.0909. The van der Waals surface area contributed by atoms with Crippen LogP contribution in [0.4, 0.5) is 0 Å². The van der Waals surface area contributed by atoms with Crippen LogP contribution in [0.2, 0.25) is 0 Å². The van der Waals surface area contributed by atoms with Crippen LogP contribution in [0.25, 0.3) is 17.0 Å². The van der Waals surface area contributed by atoms with Gasteiger partial charge in [0.1, 0.15) is 40.8 Å². The Bertz CT molecular complexity index is 1650. The lowest BCUT2D eigenvalue weighted by Crippen LogP contribution is -2.09. The number of esters is 1. The van der Waals surface area contributed by atoms with Crippen LogP contribution in [-0.2, 0) is 6.61 Å². The lowest BCUT2D eigenvalue weighted by atomic mass is 10.1. The first-order valence-corrected chi connectivity index (χ1v) is 12.4. The van der Waals surface area contributed by atoms with Gasteiger partial charge in [0.2, 0.25) is 0 Å². The van der Waals surface area contributed by atoms with Crippen molar-refractivity contribution in [3.63, 3.8) is 0 Å². The highest BCUT2D eigenvalue weighted by Crippen LogP contribution is 2.30. The van der Waals surface area contributed by atoms with E-state index in [1.807, 2.05) is 54.6 Å². The Morgan fingerprint density at radius 1 is 0.846 bits per heavy atom. The van der Waals surface area contributed by atoms with E-state index in [0.717, 1.165) is 11.1 Å². The Morgan fingerprint density at radius 3 is 2.33 bits per heavy atom. The molecular formula is C33H26O6. The Morgan fingerprint density at radius 2 is 1.56 bits per heavy atom. The summed E-state index contributed by atoms with van der Waals surface area (Å²) in [5, 5.41) is 0.608. The van der Waals surface area contributed by atoms with Crippen molar-refractivity contribution in [3.8, 4) is 17.2 Å². The minimum absolute atomic E-state index is 0.182. The number of benzene rings is 4. The lowest BCUT2D eigenvalue weighted by Gasteiger charge is -2.07. The second-order valence-electron chi connectivity index (χ2n) is 8.82. The summed E-state index contributed by atoms with van der Waals surface area (Å²) in [6.07, 6.45) is 3.19. The summed E-state index contributed by atoms with van der Waals surface area (Å²) in [7, 11) is 1.58. The van der Waals surface area contributed by atoms with Crippen LogP contribution in [0.5, 0.6) is 17.2 Å². The Balaban J connectivity index is 1.28. The number of fused-ring (bicyclic) bond motifs is 1. The first-order valence-electron chi connectivity index (χ1n) is 12.4. The van der Waals surface area contributed by atoms with Gasteiger partial charge in [-0.15, -0.1) is 0 Å². The van der Waals surface area contributed by atoms with Gasteiger partial charge in [-0.3, -0.25) is 4.79 Å². The molecule has 0 atom stereocenters. The maximum absolute atomic E-state index is 13.1. The van der Waals surface area contributed by atoms with Crippen molar-refractivity contribution < 1.29 is 28.2 Å². The highest BCUT2D eigenvalue weighted by Gasteiger charge is 2.21. The second kappa shape index (κ2) is 11.5. The smallest absolute Gasteiger partial charge is 0.347 e. The van der Waals surface area contributed by atoms with E-state index in [2.05, 4.69) is 0 Å². The van der Waals surface area contributed by atoms with Crippen LogP contribution in [0.3, 0.4) is 0 Å². The van der Waals surface area contributed by atoms with E-state index in [0.29, 0.717) is 51.7 Å². The highest BCUT2D eigenvalue weighted by molar-refractivity contribution is 6.07. The summed E-state index contributed by atoms with van der Waals surface area (Å²) in [5.41, 5.74) is 3.20. The third kappa shape index (κ3) is 5.91. The maximum atomic E-state index is 13.1. The van der Waals surface area contributed by atoms with Gasteiger partial charge in [-0.2, -0.15) is 0 Å². The molecule has 5 aromatic rings. The molecule has 0 saturated heterocycles. The molecule has 0 amide bonds. The van der Waals surface area contributed by atoms with E-state index >= 15 is 0 Å². The SMILES string of the molecule is COc1ccccc1/C=C/C(=O)c1ccc(OC(=O)c2c(C)oc3ccc(OCc4ccccc4)cc23)cc1. The molecule has 5 rings (SSSR count). The minimum Gasteiger partial charge on any atom is -0.496 e. The Hall–Kier alpha value is -5.10. The zero-order valence-corrected chi connectivity index (χ0v) is 21.5. The fourth-order valence-electron chi connectivity index (χ4n) is 4.19. The molecule has 194 valence electrons. The molecule has 39 heavy (non-hydrogen) atoms. The van der Waals surface area contributed by atoms with E-state index in [4.69, 9.17) is 18.6 Å². The number of ether oxygens (including phenoxy) is 3. The maximum Gasteiger partial charge on any atom is 0.347 e. The predicted molar refractivity (Wildman–Crippen MR) is 149 cm³/mol. The largest absolute Gasteiger partial charge is 0.496 e. The molecule has 6 heteroatoms. The van der Waals surface area contributed by atoms with Gasteiger partial charge in [0.05, 0.1) is 7.11 Å². The van der Waals surface area contributed by atoms with Gasteiger partial charge < -0.3 is 18.6 Å². The van der Waals surface area contributed by atoms with E-state index in [1.165, 1.54) is 6.08 Å². The molecular weight excluding hydrogens is 492 g/mol. The molecule has 0 unspecified atom stereocenters. The molecule has 0 radical (unpaired) electrons. The number of para-hydroxylation sites is 1. The molecule has 0 aliphatic carbocycles. The zero-order valence-electron chi connectivity index (χ0n) is 21.5. The summed E-state index contributed by atoms with van der Waals surface area (Å²) in [4.78, 5) is 25.8. The third-order valence-electron chi connectivity index (χ3n) is 6.19. The van der Waals surface area contributed by atoms with Crippen molar-refractivity contribution in [2.75, 3.05) is 7.11 Å². The summed E-state index contributed by atoms with van der Waals surface area (Å²) in [5.74, 6) is 1.32. The number of carbonyl (C=O) groups is 2. The number of rotatable bonds is 9. The average Bonchev–Trinajstić information content (AvgIpc) is 3.30. The first-order chi connectivity index (χ1) is 19.0. The standard InChI is InChI=1S/C33H26O6/c1-22-32(28-20-27(17-19-31(28)38-22)37-21-23-8-4-3-5-9-23)33(35)39-26-15-12-24(13-16-26)29(34)18-14-25-10-6-7-11-30(25)36-2/h3-20H,21H2,1-2H3/b18-14+. The van der Waals surface area contributed by atoms with Gasteiger partial charge >= 0.3 is 5.97 Å². The normalized spacial score (nSPS) is 11.0. The predicted octanol–water partition coefficient (Wildman–Crippen LogP) is 7.44. The topological polar surface area (TPSA) is 75.0 Å². The molecule has 0 spiro atoms. The highest BCUT2D eigenvalue weighted by atomic mass is 16.5. The van der Waals surface area contributed by atoms with Crippen molar-refractivity contribution in [2.24, 2.45) is 0 Å². The lowest BCUT2D eigenvalue weighted by molar-refractivity contribution is 0.0734. The average molecular weight is 519 g/mol. The molecule has 0 aliphatic heterocycles. The number of methoxy groups -OCH3 is 1. The molecule has 0 aliphatic rings. The van der Waals surface area contributed by atoms with Crippen LogP contribution in [0.1, 0.15) is 37.6 Å². The van der Waals surface area contributed by atoms with Crippen LogP contribution in [-0.4, -0.2) is 18.9 Å². The van der Waals surface area contributed by atoms with Crippen molar-refractivity contribution in [1.82, 2.24) is 0 Å². The van der Waals surface area contributed by atoms with Crippen molar-refractivity contribution in [1.29, 1.82) is 0 Å². The molecule has 1 heterocycles. The van der Waals surface area contributed by atoms with Gasteiger partial charge in [0.15, 0.2) is 5.78 Å². The summed E-state index contributed by atoms with van der Waals surface area (Å²) < 4.78 is 22.6. The quantitative estimate of drug-likeness (QED) is 0.0873. The summed E-state index contributed by atoms with van der Waals surface area (Å²) in [6, 6.07) is 29.1. The number of hydrogen-bond donors (Lipinski definition) is 0. The molecule has 1 aromatic heterocycles. The molecule has 0 saturated carbocycles. The van der Waals surface area contributed by atoms with Gasteiger partial charge in [-0.1, -0.05) is 48.5 Å². The van der Waals surface area contributed by atoms with Crippen molar-refractivity contribution in [2.45, 2.75) is 13.5 Å². The van der Waals surface area contributed by atoms with E-state index in [-0.39, 0.29) is 5.78 Å². The number of allylic oxidation sites excluding steroid dienone is 1. The van der Waals surface area contributed by atoms with Crippen LogP contribution in [0, 0.1) is 6.92 Å². The first kappa shape index (κ1) is 25.5. The Kier molecular flexibility index (Phi) is 7.55. The van der Waals surface area contributed by atoms with Crippen molar-refractivity contribution >= 4 is 28.8 Å². The van der Waals surface area contributed by atoms with E-state index in [1.54, 1.807) is 62.6 Å². The fourth-order valence-corrected chi connectivity index (χ4v) is 4.19. The van der Waals surface area contributed by atoms with Crippen molar-refractivity contribution in [3.05, 3.63) is 131 Å². The van der Waals surface area contributed by atoms with Gasteiger partial charge in [-0.25, -0.2) is 4.79 Å². The third-order valence-corrected chi connectivity index (χ3v) is 6.19. The Labute approximate surface area is 226 Å². The molecule has 0 fully saturated rings. The molecule has 6 nitrogen and oxygen atoms in total. The van der Waals surface area contributed by atoms with Gasteiger partial charge in [0, 0.05) is 16.5 Å². The molecule has 0 bridgehead atoms. The molecule has 4 aromatic carbocycles. The monoisotopic (exact) mass is 518 g/mol. The van der Waals surface area contributed by atoms with Crippen LogP contribution in [0.15, 0.2) is 108 Å². The minimum atomic E-state index is -0.554.